The number of benzene rings is 3. The first kappa shape index (κ1) is 23.0. The highest BCUT2D eigenvalue weighted by Crippen LogP contribution is 2.30. The largest absolute Gasteiger partial charge is 0.485 e. The van der Waals surface area contributed by atoms with Crippen molar-refractivity contribution in [2.24, 2.45) is 0 Å². The van der Waals surface area contributed by atoms with Gasteiger partial charge in [0.15, 0.2) is 5.65 Å². The Morgan fingerprint density at radius 2 is 1.67 bits per heavy atom. The van der Waals surface area contributed by atoms with Crippen LogP contribution in [0.3, 0.4) is 0 Å². The highest BCUT2D eigenvalue weighted by atomic mass is 19.1. The lowest BCUT2D eigenvalue weighted by molar-refractivity contribution is 0.101. The van der Waals surface area contributed by atoms with Crippen molar-refractivity contribution in [2.75, 3.05) is 5.32 Å². The second-order valence-electron chi connectivity index (χ2n) is 8.03. The number of rotatable bonds is 6. The predicted octanol–water partition coefficient (Wildman–Crippen LogP) is 5.16. The molecule has 9 heteroatoms. The second-order valence-corrected chi connectivity index (χ2v) is 8.03. The minimum absolute atomic E-state index is 0.000508. The van der Waals surface area contributed by atoms with Gasteiger partial charge in [0.25, 0.3) is 5.91 Å². The summed E-state index contributed by atoms with van der Waals surface area (Å²) in [7, 11) is 0. The van der Waals surface area contributed by atoms with Gasteiger partial charge in [-0.3, -0.25) is 4.79 Å². The summed E-state index contributed by atoms with van der Waals surface area (Å²) in [5.41, 5.74) is 0.123. The Hall–Kier alpha value is -4.79. The van der Waals surface area contributed by atoms with Crippen molar-refractivity contribution in [1.29, 1.82) is 0 Å². The maximum Gasteiger partial charge on any atom is 0.355 e. The molecule has 0 saturated heterocycles. The highest BCUT2D eigenvalue weighted by molar-refractivity contribution is 6.06. The van der Waals surface area contributed by atoms with Crippen LogP contribution in [0, 0.1) is 11.6 Å². The molecule has 0 saturated carbocycles. The summed E-state index contributed by atoms with van der Waals surface area (Å²) in [6.07, 6.45) is 0.992. The summed E-state index contributed by atoms with van der Waals surface area (Å²) in [4.78, 5) is 26.0. The number of carbonyl (C=O) groups excluding carboxylic acids is 1. The Morgan fingerprint density at radius 3 is 2.42 bits per heavy atom. The molecule has 1 amide bonds. The van der Waals surface area contributed by atoms with E-state index in [9.17, 15) is 14.0 Å². The number of aromatic nitrogens is 3. The minimum atomic E-state index is -0.876. The lowest BCUT2D eigenvalue weighted by atomic mass is 10.1. The van der Waals surface area contributed by atoms with Crippen LogP contribution in [0.1, 0.15) is 28.9 Å². The van der Waals surface area contributed by atoms with Gasteiger partial charge >= 0.3 is 5.69 Å². The summed E-state index contributed by atoms with van der Waals surface area (Å²) in [6, 6.07) is 22.0. The molecular weight excluding hydrogens is 466 g/mol. The van der Waals surface area contributed by atoms with Crippen LogP contribution < -0.4 is 15.7 Å². The van der Waals surface area contributed by atoms with Crippen LogP contribution >= 0.6 is 0 Å². The first-order valence-electron chi connectivity index (χ1n) is 11.1. The van der Waals surface area contributed by atoms with Crippen molar-refractivity contribution in [3.63, 3.8) is 0 Å². The van der Waals surface area contributed by atoms with Crippen molar-refractivity contribution in [3.8, 4) is 11.4 Å². The number of fused-ring (bicyclic) bond motifs is 1. The smallest absolute Gasteiger partial charge is 0.355 e. The average molecular weight is 486 g/mol. The molecule has 180 valence electrons. The molecule has 0 aliphatic heterocycles. The number of para-hydroxylation sites is 1. The SMILES string of the molecule is CC(Oc1cc(-n2nc3ccccn3c2=O)c(F)cc1C(=O)Nc1ccccc1F)c1ccccc1. The van der Waals surface area contributed by atoms with E-state index < -0.39 is 29.3 Å². The van der Waals surface area contributed by atoms with E-state index in [1.54, 1.807) is 31.2 Å². The van der Waals surface area contributed by atoms with Crippen molar-refractivity contribution in [1.82, 2.24) is 14.2 Å². The fourth-order valence-electron chi connectivity index (χ4n) is 3.80. The van der Waals surface area contributed by atoms with Gasteiger partial charge in [-0.2, -0.15) is 4.68 Å². The van der Waals surface area contributed by atoms with E-state index in [4.69, 9.17) is 4.74 Å². The summed E-state index contributed by atoms with van der Waals surface area (Å²) in [6.45, 7) is 1.77. The number of amides is 1. The molecule has 3 aromatic carbocycles. The number of nitrogens with zero attached hydrogens (tertiary/aromatic N) is 3. The molecule has 1 N–H and O–H groups in total. The number of anilines is 1. The molecule has 0 aliphatic rings. The first-order valence-corrected chi connectivity index (χ1v) is 11.1. The van der Waals surface area contributed by atoms with Crippen LogP contribution in [-0.4, -0.2) is 20.1 Å². The lowest BCUT2D eigenvalue weighted by Gasteiger charge is -2.19. The normalized spacial score (nSPS) is 11.9. The Kier molecular flexibility index (Phi) is 6.03. The van der Waals surface area contributed by atoms with Crippen molar-refractivity contribution >= 4 is 17.2 Å². The minimum Gasteiger partial charge on any atom is -0.485 e. The van der Waals surface area contributed by atoms with Gasteiger partial charge in [-0.1, -0.05) is 48.5 Å². The van der Waals surface area contributed by atoms with Crippen molar-refractivity contribution in [2.45, 2.75) is 13.0 Å². The number of halogens is 2. The number of pyridine rings is 1. The maximum absolute atomic E-state index is 15.3. The molecule has 0 fully saturated rings. The van der Waals surface area contributed by atoms with E-state index >= 15 is 4.39 Å². The van der Waals surface area contributed by atoms with E-state index in [0.717, 1.165) is 16.3 Å². The third-order valence-electron chi connectivity index (χ3n) is 5.64. The van der Waals surface area contributed by atoms with E-state index in [1.807, 2.05) is 30.3 Å². The number of hydrogen-bond acceptors (Lipinski definition) is 4. The van der Waals surface area contributed by atoms with Gasteiger partial charge in [-0.25, -0.2) is 18.0 Å². The number of carbonyl (C=O) groups is 1. The van der Waals surface area contributed by atoms with Crippen LogP contribution in [0.2, 0.25) is 0 Å². The fraction of sp³-hybridized carbons (Fsp3) is 0.0741. The molecule has 0 aliphatic carbocycles. The van der Waals surface area contributed by atoms with Crippen molar-refractivity contribution < 1.29 is 18.3 Å². The maximum atomic E-state index is 15.3. The molecule has 1 atom stereocenters. The average Bonchev–Trinajstić information content (AvgIpc) is 3.23. The van der Waals surface area contributed by atoms with Crippen LogP contribution in [0.5, 0.6) is 5.75 Å². The van der Waals surface area contributed by atoms with Gasteiger partial charge in [0.1, 0.15) is 29.2 Å². The third kappa shape index (κ3) is 4.34. The Morgan fingerprint density at radius 1 is 0.944 bits per heavy atom. The molecule has 5 aromatic rings. The van der Waals surface area contributed by atoms with Gasteiger partial charge in [0.05, 0.1) is 11.3 Å². The van der Waals surface area contributed by atoms with Gasteiger partial charge in [0.2, 0.25) is 0 Å². The quantitative estimate of drug-likeness (QED) is 0.360. The molecule has 0 bridgehead atoms. The van der Waals surface area contributed by atoms with Gasteiger partial charge < -0.3 is 10.1 Å². The molecule has 2 aromatic heterocycles. The predicted molar refractivity (Wildman–Crippen MR) is 131 cm³/mol. The third-order valence-corrected chi connectivity index (χ3v) is 5.64. The standard InChI is InChI=1S/C27H20F2N4O3/c1-17(18-9-3-2-4-10-18)36-24-16-23(33-27(35)32-14-8-7-13-25(32)31-33)21(29)15-19(24)26(34)30-22-12-6-5-11-20(22)28/h2-17H,1H3,(H,30,34). The summed E-state index contributed by atoms with van der Waals surface area (Å²) in [5.74, 6) is -2.29. The number of hydrogen-bond donors (Lipinski definition) is 1. The Balaban J connectivity index is 1.61. The number of nitrogens with one attached hydrogen (secondary N) is 1. The zero-order valence-corrected chi connectivity index (χ0v) is 19.1. The molecule has 0 radical (unpaired) electrons. The highest BCUT2D eigenvalue weighted by Gasteiger charge is 2.23. The topological polar surface area (TPSA) is 77.6 Å². The van der Waals surface area contributed by atoms with E-state index in [1.165, 1.54) is 34.9 Å². The van der Waals surface area contributed by atoms with E-state index in [0.29, 0.717) is 5.65 Å². The molecule has 36 heavy (non-hydrogen) atoms. The molecule has 7 nitrogen and oxygen atoms in total. The first-order chi connectivity index (χ1) is 17.4. The molecule has 5 rings (SSSR count). The van der Waals surface area contributed by atoms with Gasteiger partial charge in [0, 0.05) is 12.3 Å². The zero-order chi connectivity index (χ0) is 25.2. The Bertz CT molecular complexity index is 1630. The van der Waals surface area contributed by atoms with Crippen LogP contribution in [0.25, 0.3) is 11.3 Å². The molecule has 1 unspecified atom stereocenters. The summed E-state index contributed by atoms with van der Waals surface area (Å²) >= 11 is 0. The van der Waals surface area contributed by atoms with Crippen LogP contribution in [0.4, 0.5) is 14.5 Å². The second kappa shape index (κ2) is 9.46. The fourth-order valence-corrected chi connectivity index (χ4v) is 3.80. The Labute approximate surface area is 204 Å². The van der Waals surface area contributed by atoms with Crippen LogP contribution in [0.15, 0.2) is 95.9 Å². The van der Waals surface area contributed by atoms with E-state index in [-0.39, 0.29) is 22.7 Å². The zero-order valence-electron chi connectivity index (χ0n) is 19.1. The molecule has 2 heterocycles. The van der Waals surface area contributed by atoms with Gasteiger partial charge in [-0.15, -0.1) is 5.10 Å². The lowest BCUT2D eigenvalue weighted by Crippen LogP contribution is -2.22. The molecule has 0 spiro atoms. The summed E-state index contributed by atoms with van der Waals surface area (Å²) in [5, 5.41) is 6.65. The van der Waals surface area contributed by atoms with E-state index in [2.05, 4.69) is 10.4 Å². The number of ether oxygens (including phenoxy) is 1. The summed E-state index contributed by atoms with van der Waals surface area (Å²) < 4.78 is 37.7. The van der Waals surface area contributed by atoms with Crippen LogP contribution in [-0.2, 0) is 0 Å². The monoisotopic (exact) mass is 486 g/mol. The van der Waals surface area contributed by atoms with Crippen molar-refractivity contribution in [3.05, 3.63) is 124 Å². The molecular formula is C27H20F2N4O3. The van der Waals surface area contributed by atoms with Gasteiger partial charge in [-0.05, 0) is 42.8 Å².